The Balaban J connectivity index is 1.75. The summed E-state index contributed by atoms with van der Waals surface area (Å²) in [7, 11) is -4.38. The van der Waals surface area contributed by atoms with Crippen molar-refractivity contribution in [3.05, 3.63) is 12.2 Å². The third-order valence-corrected chi connectivity index (χ3v) is 14.1. The van der Waals surface area contributed by atoms with Crippen LogP contribution in [0.3, 0.4) is 0 Å². The van der Waals surface area contributed by atoms with Crippen LogP contribution in [0.2, 0.25) is 45.3 Å². The molecule has 2 bridgehead atoms. The average Bonchev–Trinajstić information content (AvgIpc) is 2.84. The average molecular weight is 329 g/mol. The first-order valence-corrected chi connectivity index (χ1v) is 16.8. The van der Waals surface area contributed by atoms with Gasteiger partial charge in [0.15, 0.2) is 16.6 Å². The van der Waals surface area contributed by atoms with Crippen molar-refractivity contribution in [1.82, 2.24) is 0 Å². The van der Waals surface area contributed by atoms with Crippen molar-refractivity contribution >= 4 is 25.9 Å². The van der Waals surface area contributed by atoms with Crippen molar-refractivity contribution in [3.8, 4) is 0 Å². The van der Waals surface area contributed by atoms with Crippen molar-refractivity contribution in [3.63, 3.8) is 0 Å². The van der Waals surface area contributed by atoms with Crippen LogP contribution in [0.5, 0.6) is 0 Å². The third-order valence-electron chi connectivity index (χ3n) is 4.54. The largest absolute Gasteiger partial charge is 0.439 e. The van der Waals surface area contributed by atoms with E-state index in [4.69, 9.17) is 8.23 Å². The van der Waals surface area contributed by atoms with Crippen LogP contribution in [0.4, 0.5) is 0 Å². The van der Waals surface area contributed by atoms with Crippen LogP contribution in [0.15, 0.2) is 12.2 Å². The number of fused-ring (bicyclic) bond motifs is 2. The smallest absolute Gasteiger partial charge is 0.297 e. The number of hydrogen-bond donors (Lipinski definition) is 0. The van der Waals surface area contributed by atoms with Crippen LogP contribution in [0, 0.1) is 17.8 Å². The standard InChI is InChI=1S/C15H32O2Si3/c1-18(16-19(2,3)4)17-20(5,6)10-9-15-12-13-7-8-14(15)11-13/h7-8,13-15,18H,9-12H2,1-6H3. The molecule has 0 aromatic heterocycles. The Morgan fingerprint density at radius 1 is 1.05 bits per heavy atom. The molecule has 1 saturated carbocycles. The summed E-state index contributed by atoms with van der Waals surface area (Å²) in [5, 5.41) is 0. The predicted molar refractivity (Wildman–Crippen MR) is 94.3 cm³/mol. The van der Waals surface area contributed by atoms with Crippen molar-refractivity contribution in [1.29, 1.82) is 0 Å². The maximum absolute atomic E-state index is 6.43. The zero-order chi connectivity index (χ0) is 15.0. The molecule has 0 aromatic carbocycles. The first-order valence-electron chi connectivity index (χ1n) is 8.19. The maximum Gasteiger partial charge on any atom is 0.297 e. The number of allylic oxidation sites excluding steroid dienone is 2. The fourth-order valence-corrected chi connectivity index (χ4v) is 13.5. The van der Waals surface area contributed by atoms with E-state index in [1.165, 1.54) is 25.3 Å². The van der Waals surface area contributed by atoms with E-state index in [9.17, 15) is 0 Å². The van der Waals surface area contributed by atoms with E-state index in [0.29, 0.717) is 0 Å². The van der Waals surface area contributed by atoms with Gasteiger partial charge >= 0.3 is 0 Å². The lowest BCUT2D eigenvalue weighted by Crippen LogP contribution is -2.43. The Hall–Kier alpha value is 0.311. The second-order valence-corrected chi connectivity index (χ2v) is 19.5. The van der Waals surface area contributed by atoms with E-state index in [1.807, 2.05) is 0 Å². The SMILES string of the molecule is C[SiH](O[Si](C)(C)C)O[Si](C)(C)CCC1CC2C=CC1C2. The zero-order valence-electron chi connectivity index (χ0n) is 14.1. The lowest BCUT2D eigenvalue weighted by molar-refractivity contribution is 0.401. The minimum Gasteiger partial charge on any atom is -0.439 e. The third kappa shape index (κ3) is 4.94. The Bertz CT molecular complexity index is 363. The Morgan fingerprint density at radius 3 is 2.25 bits per heavy atom. The molecule has 116 valence electrons. The van der Waals surface area contributed by atoms with Crippen LogP contribution >= 0.6 is 0 Å². The van der Waals surface area contributed by atoms with Crippen molar-refractivity contribution < 1.29 is 8.23 Å². The second kappa shape index (κ2) is 6.20. The highest BCUT2D eigenvalue weighted by Crippen LogP contribution is 2.46. The van der Waals surface area contributed by atoms with Gasteiger partial charge in [-0.3, -0.25) is 0 Å². The van der Waals surface area contributed by atoms with Gasteiger partial charge in [-0.25, -0.2) is 0 Å². The Labute approximate surface area is 129 Å². The molecule has 0 radical (unpaired) electrons. The van der Waals surface area contributed by atoms with Crippen LogP contribution in [0.25, 0.3) is 0 Å². The van der Waals surface area contributed by atoms with E-state index in [1.54, 1.807) is 0 Å². The van der Waals surface area contributed by atoms with Gasteiger partial charge < -0.3 is 8.23 Å². The minimum absolute atomic E-state index is 0.887. The molecule has 20 heavy (non-hydrogen) atoms. The van der Waals surface area contributed by atoms with E-state index < -0.39 is 25.9 Å². The first-order chi connectivity index (χ1) is 9.15. The van der Waals surface area contributed by atoms with Gasteiger partial charge in [0.25, 0.3) is 9.28 Å². The lowest BCUT2D eigenvalue weighted by Gasteiger charge is -2.32. The zero-order valence-corrected chi connectivity index (χ0v) is 17.3. The van der Waals surface area contributed by atoms with Crippen LogP contribution < -0.4 is 0 Å². The van der Waals surface area contributed by atoms with E-state index in [2.05, 4.69) is 51.4 Å². The van der Waals surface area contributed by atoms with Gasteiger partial charge in [-0.05, 0) is 75.9 Å². The lowest BCUT2D eigenvalue weighted by atomic mass is 9.91. The highest BCUT2D eigenvalue weighted by atomic mass is 28.4. The highest BCUT2D eigenvalue weighted by molar-refractivity contribution is 6.81. The van der Waals surface area contributed by atoms with Crippen LogP contribution in [0.1, 0.15) is 19.3 Å². The summed E-state index contributed by atoms with van der Waals surface area (Å²) in [6.45, 7) is 13.8. The fourth-order valence-electron chi connectivity index (χ4n) is 3.79. The summed E-state index contributed by atoms with van der Waals surface area (Å²) in [4.78, 5) is 0. The molecular formula is C15H32O2Si3. The first kappa shape index (κ1) is 16.7. The Kier molecular flexibility index (Phi) is 5.17. The van der Waals surface area contributed by atoms with Gasteiger partial charge in [0.1, 0.15) is 0 Å². The van der Waals surface area contributed by atoms with Gasteiger partial charge in [0, 0.05) is 0 Å². The molecule has 1 fully saturated rings. The molecule has 2 nitrogen and oxygen atoms in total. The van der Waals surface area contributed by atoms with Gasteiger partial charge in [0.05, 0.1) is 0 Å². The van der Waals surface area contributed by atoms with Gasteiger partial charge in [-0.1, -0.05) is 18.6 Å². The normalized spacial score (nSPS) is 31.0. The molecule has 2 rings (SSSR count). The second-order valence-electron chi connectivity index (χ2n) is 8.25. The fraction of sp³-hybridized carbons (Fsp3) is 0.867. The summed E-state index contributed by atoms with van der Waals surface area (Å²) in [5.41, 5.74) is 0. The topological polar surface area (TPSA) is 18.5 Å². The molecule has 2 aliphatic carbocycles. The molecule has 4 unspecified atom stereocenters. The summed E-state index contributed by atoms with van der Waals surface area (Å²) >= 11 is 0. The monoisotopic (exact) mass is 328 g/mol. The Morgan fingerprint density at radius 2 is 1.75 bits per heavy atom. The van der Waals surface area contributed by atoms with E-state index in [-0.39, 0.29) is 0 Å². The van der Waals surface area contributed by atoms with E-state index in [0.717, 1.165) is 17.8 Å². The molecule has 0 saturated heterocycles. The predicted octanol–water partition coefficient (Wildman–Crippen LogP) is 4.51. The van der Waals surface area contributed by atoms with E-state index >= 15 is 0 Å². The van der Waals surface area contributed by atoms with Crippen molar-refractivity contribution in [2.45, 2.75) is 64.6 Å². The number of rotatable bonds is 7. The van der Waals surface area contributed by atoms with Crippen molar-refractivity contribution in [2.75, 3.05) is 0 Å². The van der Waals surface area contributed by atoms with Crippen LogP contribution in [-0.4, -0.2) is 25.9 Å². The minimum atomic E-state index is -1.53. The summed E-state index contributed by atoms with van der Waals surface area (Å²) in [6, 6.07) is 1.31. The molecular weight excluding hydrogens is 296 g/mol. The van der Waals surface area contributed by atoms with Gasteiger partial charge in [0.2, 0.25) is 0 Å². The number of hydrogen-bond acceptors (Lipinski definition) is 2. The molecule has 0 amide bonds. The highest BCUT2D eigenvalue weighted by Gasteiger charge is 2.37. The van der Waals surface area contributed by atoms with Crippen LogP contribution in [-0.2, 0) is 8.23 Å². The molecule has 0 aliphatic heterocycles. The molecule has 2 aliphatic rings. The molecule has 0 N–H and O–H groups in total. The summed E-state index contributed by atoms with van der Waals surface area (Å²) in [5.74, 6) is 2.73. The summed E-state index contributed by atoms with van der Waals surface area (Å²) < 4.78 is 12.6. The molecule has 0 heterocycles. The maximum atomic E-state index is 6.43. The molecule has 0 aromatic rings. The molecule has 0 spiro atoms. The van der Waals surface area contributed by atoms with Gasteiger partial charge in [-0.2, -0.15) is 0 Å². The summed E-state index contributed by atoms with van der Waals surface area (Å²) in [6.07, 6.45) is 9.15. The molecule has 4 atom stereocenters. The van der Waals surface area contributed by atoms with Gasteiger partial charge in [-0.15, -0.1) is 0 Å². The quantitative estimate of drug-likeness (QED) is 0.505. The molecule has 5 heteroatoms. The van der Waals surface area contributed by atoms with Crippen molar-refractivity contribution in [2.24, 2.45) is 17.8 Å².